The molecule has 2 aromatic heterocycles. The Kier molecular flexibility index (Phi) is 4.86. The topological polar surface area (TPSA) is 84.2 Å². The maximum absolute atomic E-state index is 12.0. The van der Waals surface area contributed by atoms with E-state index in [9.17, 15) is 4.79 Å². The number of hydrogen-bond acceptors (Lipinski definition) is 5. The molecule has 0 saturated heterocycles. The molecule has 0 radical (unpaired) electrons. The third-order valence-corrected chi connectivity index (χ3v) is 2.94. The zero-order valence-corrected chi connectivity index (χ0v) is 12.5. The summed E-state index contributed by atoms with van der Waals surface area (Å²) >= 11 is 0. The molecule has 2 aromatic rings. The van der Waals surface area contributed by atoms with Gasteiger partial charge in [0, 0.05) is 31.9 Å². The predicted molar refractivity (Wildman–Crippen MR) is 76.4 cm³/mol. The first-order valence-electron chi connectivity index (χ1n) is 6.80. The molecule has 7 heteroatoms. The van der Waals surface area contributed by atoms with Gasteiger partial charge in [0.25, 0.3) is 0 Å². The minimum absolute atomic E-state index is 0.188. The van der Waals surface area contributed by atoms with E-state index in [1.165, 1.54) is 0 Å². The van der Waals surface area contributed by atoms with E-state index in [1.54, 1.807) is 18.1 Å². The molecule has 0 aliphatic carbocycles. The van der Waals surface area contributed by atoms with Crippen LogP contribution in [0.1, 0.15) is 29.9 Å². The second-order valence-electron chi connectivity index (χ2n) is 4.78. The average molecular weight is 289 g/mol. The number of pyridine rings is 1. The summed E-state index contributed by atoms with van der Waals surface area (Å²) in [5.41, 5.74) is 1.97. The Balaban J connectivity index is 1.85. The molecule has 0 saturated carbocycles. The van der Waals surface area contributed by atoms with Gasteiger partial charge >= 0.3 is 6.03 Å². The second-order valence-corrected chi connectivity index (χ2v) is 4.78. The normalized spacial score (nSPS) is 10.4. The number of nitrogens with zero attached hydrogens (tertiary/aromatic N) is 4. The number of hydrogen-bond donors (Lipinski definition) is 1. The highest BCUT2D eigenvalue weighted by atomic mass is 16.5. The Labute approximate surface area is 123 Å². The van der Waals surface area contributed by atoms with Gasteiger partial charge in [-0.3, -0.25) is 4.98 Å². The average Bonchev–Trinajstić information content (AvgIpc) is 2.92. The van der Waals surface area contributed by atoms with Gasteiger partial charge in [-0.05, 0) is 24.6 Å². The summed E-state index contributed by atoms with van der Waals surface area (Å²) in [6.07, 6.45) is 2.42. The Morgan fingerprint density at radius 2 is 2.29 bits per heavy atom. The van der Waals surface area contributed by atoms with Crippen molar-refractivity contribution in [3.8, 4) is 0 Å². The van der Waals surface area contributed by atoms with Gasteiger partial charge in [-0.2, -0.15) is 4.98 Å². The van der Waals surface area contributed by atoms with Gasteiger partial charge in [0.15, 0.2) is 5.82 Å². The Hall–Kier alpha value is -2.44. The zero-order chi connectivity index (χ0) is 15.2. The Morgan fingerprint density at radius 3 is 2.95 bits per heavy atom. The number of aryl methyl sites for hydroxylation is 2. The number of rotatable bonds is 5. The number of amides is 2. The summed E-state index contributed by atoms with van der Waals surface area (Å²) in [4.78, 5) is 21.9. The van der Waals surface area contributed by atoms with Gasteiger partial charge in [-0.15, -0.1) is 0 Å². The van der Waals surface area contributed by atoms with Crippen molar-refractivity contribution in [1.29, 1.82) is 0 Å². The summed E-state index contributed by atoms with van der Waals surface area (Å²) in [6.45, 7) is 4.62. The summed E-state index contributed by atoms with van der Waals surface area (Å²) in [6, 6.07) is 3.66. The first-order chi connectivity index (χ1) is 10.1. The molecule has 0 atom stereocenters. The van der Waals surface area contributed by atoms with Gasteiger partial charge in [-0.25, -0.2) is 4.79 Å². The van der Waals surface area contributed by atoms with Crippen LogP contribution in [-0.2, 0) is 19.5 Å². The van der Waals surface area contributed by atoms with Crippen molar-refractivity contribution in [2.75, 3.05) is 7.05 Å². The lowest BCUT2D eigenvalue weighted by Gasteiger charge is -2.17. The fourth-order valence-corrected chi connectivity index (χ4v) is 1.84. The third-order valence-electron chi connectivity index (χ3n) is 2.94. The molecule has 0 fully saturated rings. The number of carbonyl (C=O) groups excluding carboxylic acids is 1. The van der Waals surface area contributed by atoms with Gasteiger partial charge in [0.05, 0.1) is 6.54 Å². The largest absolute Gasteiger partial charge is 0.339 e. The smallest absolute Gasteiger partial charge is 0.317 e. The Bertz CT molecular complexity index is 611. The minimum Gasteiger partial charge on any atom is -0.339 e. The number of urea groups is 1. The van der Waals surface area contributed by atoms with Crippen LogP contribution < -0.4 is 5.32 Å². The van der Waals surface area contributed by atoms with Crippen LogP contribution in [-0.4, -0.2) is 33.1 Å². The molecule has 21 heavy (non-hydrogen) atoms. The van der Waals surface area contributed by atoms with E-state index in [-0.39, 0.29) is 12.6 Å². The fraction of sp³-hybridized carbons (Fsp3) is 0.429. The van der Waals surface area contributed by atoms with E-state index in [0.29, 0.717) is 24.7 Å². The van der Waals surface area contributed by atoms with Gasteiger partial charge in [0.2, 0.25) is 5.89 Å². The van der Waals surface area contributed by atoms with E-state index >= 15 is 0 Å². The lowest BCUT2D eigenvalue weighted by molar-refractivity contribution is 0.206. The van der Waals surface area contributed by atoms with Crippen molar-refractivity contribution in [2.45, 2.75) is 33.4 Å². The van der Waals surface area contributed by atoms with Crippen molar-refractivity contribution < 1.29 is 9.32 Å². The van der Waals surface area contributed by atoms with Crippen molar-refractivity contribution in [3.63, 3.8) is 0 Å². The van der Waals surface area contributed by atoms with E-state index in [0.717, 1.165) is 11.3 Å². The van der Waals surface area contributed by atoms with Crippen molar-refractivity contribution in [2.24, 2.45) is 0 Å². The van der Waals surface area contributed by atoms with Crippen LogP contribution in [0.2, 0.25) is 0 Å². The maximum atomic E-state index is 12.0. The van der Waals surface area contributed by atoms with Crippen LogP contribution in [0.3, 0.4) is 0 Å². The molecule has 0 spiro atoms. The second kappa shape index (κ2) is 6.83. The number of aromatic nitrogens is 3. The third kappa shape index (κ3) is 4.27. The van der Waals surface area contributed by atoms with Crippen LogP contribution in [0.5, 0.6) is 0 Å². The highest BCUT2D eigenvalue weighted by Gasteiger charge is 2.11. The lowest BCUT2D eigenvalue weighted by Crippen LogP contribution is -2.36. The molecule has 0 bridgehead atoms. The maximum Gasteiger partial charge on any atom is 0.317 e. The molecule has 0 aliphatic heterocycles. The molecule has 0 unspecified atom stereocenters. The lowest BCUT2D eigenvalue weighted by atomic mass is 10.2. The monoisotopic (exact) mass is 289 g/mol. The Morgan fingerprint density at radius 1 is 1.48 bits per heavy atom. The molecule has 2 amide bonds. The highest BCUT2D eigenvalue weighted by Crippen LogP contribution is 2.04. The fourth-order valence-electron chi connectivity index (χ4n) is 1.84. The molecular weight excluding hydrogens is 270 g/mol. The summed E-state index contributed by atoms with van der Waals surface area (Å²) < 4.78 is 4.98. The number of carbonyl (C=O) groups is 1. The molecule has 2 heterocycles. The SMILES string of the molecule is CCc1nc(CNC(=O)N(C)Cc2ccnc(C)c2)no1. The van der Waals surface area contributed by atoms with Gasteiger partial charge in [0.1, 0.15) is 0 Å². The summed E-state index contributed by atoms with van der Waals surface area (Å²) in [7, 11) is 1.73. The standard InChI is InChI=1S/C14H19N5O2/c1-4-13-17-12(18-21-13)8-16-14(20)19(3)9-11-5-6-15-10(2)7-11/h5-7H,4,8-9H2,1-3H3,(H,16,20). The van der Waals surface area contributed by atoms with Crippen molar-refractivity contribution in [3.05, 3.63) is 41.3 Å². The van der Waals surface area contributed by atoms with E-state index in [1.807, 2.05) is 26.0 Å². The summed E-state index contributed by atoms with van der Waals surface area (Å²) in [5, 5.41) is 6.54. The molecule has 1 N–H and O–H groups in total. The van der Waals surface area contributed by atoms with Crippen LogP contribution in [0.25, 0.3) is 0 Å². The van der Waals surface area contributed by atoms with Gasteiger partial charge < -0.3 is 14.7 Å². The first kappa shape index (κ1) is 15.0. The van der Waals surface area contributed by atoms with Crippen molar-refractivity contribution in [1.82, 2.24) is 25.3 Å². The van der Waals surface area contributed by atoms with E-state index < -0.39 is 0 Å². The van der Waals surface area contributed by atoms with Crippen LogP contribution >= 0.6 is 0 Å². The van der Waals surface area contributed by atoms with E-state index in [2.05, 4.69) is 20.4 Å². The van der Waals surface area contributed by atoms with Crippen LogP contribution in [0, 0.1) is 6.92 Å². The summed E-state index contributed by atoms with van der Waals surface area (Å²) in [5.74, 6) is 1.05. The van der Waals surface area contributed by atoms with Gasteiger partial charge in [-0.1, -0.05) is 12.1 Å². The molecular formula is C14H19N5O2. The number of nitrogens with one attached hydrogen (secondary N) is 1. The quantitative estimate of drug-likeness (QED) is 0.905. The molecule has 2 rings (SSSR count). The minimum atomic E-state index is -0.188. The zero-order valence-electron chi connectivity index (χ0n) is 12.5. The predicted octanol–water partition coefficient (Wildman–Crippen LogP) is 1.68. The van der Waals surface area contributed by atoms with Crippen LogP contribution in [0.4, 0.5) is 4.79 Å². The molecule has 7 nitrogen and oxygen atoms in total. The molecule has 112 valence electrons. The first-order valence-corrected chi connectivity index (χ1v) is 6.80. The van der Waals surface area contributed by atoms with E-state index in [4.69, 9.17) is 4.52 Å². The van der Waals surface area contributed by atoms with Crippen molar-refractivity contribution >= 4 is 6.03 Å². The van der Waals surface area contributed by atoms with Crippen LogP contribution in [0.15, 0.2) is 22.9 Å². The molecule has 0 aromatic carbocycles. The highest BCUT2D eigenvalue weighted by molar-refractivity contribution is 5.73. The molecule has 0 aliphatic rings.